The maximum absolute atomic E-state index is 13.3. The summed E-state index contributed by atoms with van der Waals surface area (Å²) in [6.07, 6.45) is 2.33. The molecule has 2 rings (SSSR count). The zero-order chi connectivity index (χ0) is 11.7. The molecule has 1 N–H and O–H groups in total. The highest BCUT2D eigenvalue weighted by molar-refractivity contribution is 5.29. The van der Waals surface area contributed by atoms with E-state index in [-0.39, 0.29) is 5.82 Å². The summed E-state index contributed by atoms with van der Waals surface area (Å²) < 4.78 is 15.1. The standard InChI is InChI=1S/C12H13FN2O/c1-8-3-4-9(5-10(8)13)12(16)11-6-14-7-15(11)2/h3-7,12,16H,1-2H3. The largest absolute Gasteiger partial charge is 0.382 e. The molecule has 0 aliphatic heterocycles. The first-order valence-corrected chi connectivity index (χ1v) is 5.00. The molecule has 1 aromatic heterocycles. The van der Waals surface area contributed by atoms with E-state index in [4.69, 9.17) is 0 Å². The summed E-state index contributed by atoms with van der Waals surface area (Å²) >= 11 is 0. The van der Waals surface area contributed by atoms with E-state index in [1.807, 2.05) is 0 Å². The van der Waals surface area contributed by atoms with Crippen LogP contribution in [0.25, 0.3) is 0 Å². The van der Waals surface area contributed by atoms with Gasteiger partial charge in [-0.1, -0.05) is 12.1 Å². The van der Waals surface area contributed by atoms with E-state index in [0.717, 1.165) is 0 Å². The molecule has 0 fully saturated rings. The Bertz CT molecular complexity index is 507. The SMILES string of the molecule is Cc1ccc(C(O)c2cncn2C)cc1F. The summed E-state index contributed by atoms with van der Waals surface area (Å²) in [5.41, 5.74) is 1.75. The number of aliphatic hydroxyl groups excluding tert-OH is 1. The lowest BCUT2D eigenvalue weighted by atomic mass is 10.0. The van der Waals surface area contributed by atoms with Crippen LogP contribution in [0.1, 0.15) is 22.9 Å². The normalized spacial score (nSPS) is 12.8. The lowest BCUT2D eigenvalue weighted by Gasteiger charge is -2.12. The summed E-state index contributed by atoms with van der Waals surface area (Å²) in [7, 11) is 1.79. The number of benzene rings is 1. The Morgan fingerprint density at radius 3 is 2.75 bits per heavy atom. The van der Waals surface area contributed by atoms with Crippen LogP contribution in [-0.4, -0.2) is 14.7 Å². The summed E-state index contributed by atoms with van der Waals surface area (Å²) in [4.78, 5) is 3.92. The smallest absolute Gasteiger partial charge is 0.126 e. The van der Waals surface area contributed by atoms with Crippen molar-refractivity contribution in [3.8, 4) is 0 Å². The molecule has 0 spiro atoms. The minimum Gasteiger partial charge on any atom is -0.382 e. The maximum Gasteiger partial charge on any atom is 0.126 e. The predicted molar refractivity (Wildman–Crippen MR) is 58.4 cm³/mol. The summed E-state index contributed by atoms with van der Waals surface area (Å²) in [5.74, 6) is -0.307. The van der Waals surface area contributed by atoms with E-state index in [0.29, 0.717) is 16.8 Å². The first-order valence-electron chi connectivity index (χ1n) is 5.00. The number of hydrogen-bond acceptors (Lipinski definition) is 2. The van der Waals surface area contributed by atoms with Gasteiger partial charge in [0.05, 0.1) is 18.2 Å². The highest BCUT2D eigenvalue weighted by atomic mass is 19.1. The fourth-order valence-corrected chi connectivity index (χ4v) is 1.58. The summed E-state index contributed by atoms with van der Waals surface area (Å²) in [6.45, 7) is 1.69. The number of aromatic nitrogens is 2. The fourth-order valence-electron chi connectivity index (χ4n) is 1.58. The van der Waals surface area contributed by atoms with Gasteiger partial charge in [-0.2, -0.15) is 0 Å². The minimum atomic E-state index is -0.845. The van der Waals surface area contributed by atoms with Gasteiger partial charge in [0, 0.05) is 7.05 Å². The topological polar surface area (TPSA) is 38.1 Å². The van der Waals surface area contributed by atoms with E-state index in [2.05, 4.69) is 4.98 Å². The van der Waals surface area contributed by atoms with E-state index in [1.54, 1.807) is 43.2 Å². The van der Waals surface area contributed by atoms with E-state index >= 15 is 0 Å². The zero-order valence-corrected chi connectivity index (χ0v) is 9.18. The van der Waals surface area contributed by atoms with E-state index in [1.165, 1.54) is 6.07 Å². The van der Waals surface area contributed by atoms with Gasteiger partial charge in [0.2, 0.25) is 0 Å². The Balaban J connectivity index is 2.38. The van der Waals surface area contributed by atoms with Gasteiger partial charge in [-0.3, -0.25) is 0 Å². The first kappa shape index (κ1) is 10.8. The highest BCUT2D eigenvalue weighted by Gasteiger charge is 2.14. The van der Waals surface area contributed by atoms with Crippen molar-refractivity contribution in [3.05, 3.63) is 53.4 Å². The molecule has 16 heavy (non-hydrogen) atoms. The summed E-state index contributed by atoms with van der Waals surface area (Å²) in [5, 5.41) is 10.0. The van der Waals surface area contributed by atoms with Crippen LogP contribution in [0, 0.1) is 12.7 Å². The van der Waals surface area contributed by atoms with Gasteiger partial charge >= 0.3 is 0 Å². The van der Waals surface area contributed by atoms with Crippen molar-refractivity contribution in [3.63, 3.8) is 0 Å². The van der Waals surface area contributed by atoms with Crippen molar-refractivity contribution in [1.29, 1.82) is 0 Å². The van der Waals surface area contributed by atoms with Crippen LogP contribution in [0.2, 0.25) is 0 Å². The zero-order valence-electron chi connectivity index (χ0n) is 9.18. The van der Waals surface area contributed by atoms with Crippen molar-refractivity contribution in [2.45, 2.75) is 13.0 Å². The van der Waals surface area contributed by atoms with Crippen LogP contribution in [0.4, 0.5) is 4.39 Å². The number of aliphatic hydroxyl groups is 1. The molecule has 0 saturated carbocycles. The van der Waals surface area contributed by atoms with Gasteiger partial charge in [0.25, 0.3) is 0 Å². The number of halogens is 1. The molecular weight excluding hydrogens is 207 g/mol. The monoisotopic (exact) mass is 220 g/mol. The van der Waals surface area contributed by atoms with Crippen LogP contribution in [0.15, 0.2) is 30.7 Å². The first-order chi connectivity index (χ1) is 7.59. The number of imidazole rings is 1. The summed E-state index contributed by atoms with van der Waals surface area (Å²) in [6, 6.07) is 4.73. The van der Waals surface area contributed by atoms with Crippen LogP contribution in [0.3, 0.4) is 0 Å². The van der Waals surface area contributed by atoms with Gasteiger partial charge in [0.15, 0.2) is 0 Å². The van der Waals surface area contributed by atoms with Crippen molar-refractivity contribution >= 4 is 0 Å². The quantitative estimate of drug-likeness (QED) is 0.840. The molecule has 1 heterocycles. The molecule has 0 saturated heterocycles. The lowest BCUT2D eigenvalue weighted by Crippen LogP contribution is -2.05. The third-order valence-corrected chi connectivity index (χ3v) is 2.65. The number of rotatable bonds is 2. The number of hydrogen-bond donors (Lipinski definition) is 1. The molecule has 3 nitrogen and oxygen atoms in total. The number of aryl methyl sites for hydroxylation is 2. The number of nitrogens with zero attached hydrogens (tertiary/aromatic N) is 2. The molecule has 1 aromatic carbocycles. The average Bonchev–Trinajstić information content (AvgIpc) is 2.67. The minimum absolute atomic E-state index is 0.307. The van der Waals surface area contributed by atoms with Crippen molar-refractivity contribution in [2.75, 3.05) is 0 Å². The molecule has 0 amide bonds. The molecule has 4 heteroatoms. The second-order valence-corrected chi connectivity index (χ2v) is 3.84. The Kier molecular flexibility index (Phi) is 2.75. The lowest BCUT2D eigenvalue weighted by molar-refractivity contribution is 0.211. The molecule has 0 bridgehead atoms. The van der Waals surface area contributed by atoms with Gasteiger partial charge in [-0.05, 0) is 24.1 Å². The molecule has 1 unspecified atom stereocenters. The van der Waals surface area contributed by atoms with Crippen LogP contribution in [-0.2, 0) is 7.05 Å². The molecule has 0 aliphatic rings. The van der Waals surface area contributed by atoms with Gasteiger partial charge in [-0.25, -0.2) is 9.37 Å². The van der Waals surface area contributed by atoms with E-state index in [9.17, 15) is 9.50 Å². The molecule has 1 atom stereocenters. The maximum atomic E-state index is 13.3. The second kappa shape index (κ2) is 4.06. The Morgan fingerprint density at radius 2 is 2.19 bits per heavy atom. The van der Waals surface area contributed by atoms with Crippen LogP contribution in [0.5, 0.6) is 0 Å². The third-order valence-electron chi connectivity index (χ3n) is 2.65. The average molecular weight is 220 g/mol. The van der Waals surface area contributed by atoms with Crippen molar-refractivity contribution in [1.82, 2.24) is 9.55 Å². The molecule has 0 radical (unpaired) electrons. The second-order valence-electron chi connectivity index (χ2n) is 3.84. The van der Waals surface area contributed by atoms with Crippen molar-refractivity contribution < 1.29 is 9.50 Å². The fraction of sp³-hybridized carbons (Fsp3) is 0.250. The molecule has 0 aliphatic carbocycles. The van der Waals surface area contributed by atoms with Crippen LogP contribution >= 0.6 is 0 Å². The van der Waals surface area contributed by atoms with Gasteiger partial charge in [-0.15, -0.1) is 0 Å². The van der Waals surface area contributed by atoms with Crippen LogP contribution < -0.4 is 0 Å². The third kappa shape index (κ3) is 1.84. The molecule has 84 valence electrons. The molecular formula is C12H13FN2O. The Labute approximate surface area is 93.2 Å². The Hall–Kier alpha value is -1.68. The van der Waals surface area contributed by atoms with Gasteiger partial charge < -0.3 is 9.67 Å². The van der Waals surface area contributed by atoms with Crippen molar-refractivity contribution in [2.24, 2.45) is 7.05 Å². The Morgan fingerprint density at radius 1 is 1.44 bits per heavy atom. The molecule has 2 aromatic rings. The van der Waals surface area contributed by atoms with Gasteiger partial charge in [0.1, 0.15) is 11.9 Å². The van der Waals surface area contributed by atoms with E-state index < -0.39 is 6.10 Å². The highest BCUT2D eigenvalue weighted by Crippen LogP contribution is 2.22. The predicted octanol–water partition coefficient (Wildman–Crippen LogP) is 1.95.